The molecule has 0 fully saturated rings. The molecule has 0 saturated heterocycles. The summed E-state index contributed by atoms with van der Waals surface area (Å²) in [7, 11) is 0. The van der Waals surface area contributed by atoms with Gasteiger partial charge < -0.3 is 15.9 Å². The lowest BCUT2D eigenvalue weighted by Crippen LogP contribution is -2.15. The number of phenols is 1. The van der Waals surface area contributed by atoms with Crippen LogP contribution >= 0.6 is 12.4 Å². The maximum absolute atomic E-state index is 13.1. The Morgan fingerprint density at radius 2 is 2.06 bits per heavy atom. The Bertz CT molecular complexity index is 401. The van der Waals surface area contributed by atoms with Crippen molar-refractivity contribution in [3.8, 4) is 5.75 Å². The van der Waals surface area contributed by atoms with Crippen molar-refractivity contribution in [2.24, 2.45) is 5.73 Å². The van der Waals surface area contributed by atoms with E-state index in [-0.39, 0.29) is 12.4 Å². The van der Waals surface area contributed by atoms with E-state index in [1.165, 1.54) is 0 Å². The molecule has 0 radical (unpaired) electrons. The molecule has 1 rings (SSSR count). The molecule has 7 heteroatoms. The summed E-state index contributed by atoms with van der Waals surface area (Å²) in [6, 6.07) is 0.347. The first kappa shape index (κ1) is 14.6. The molecule has 0 unspecified atom stereocenters. The summed E-state index contributed by atoms with van der Waals surface area (Å²) < 4.78 is 25.3. The van der Waals surface area contributed by atoms with Crippen LogP contribution in [-0.4, -0.2) is 22.9 Å². The van der Waals surface area contributed by atoms with E-state index in [2.05, 4.69) is 0 Å². The van der Waals surface area contributed by atoms with Crippen molar-refractivity contribution in [3.05, 3.63) is 29.1 Å². The van der Waals surface area contributed by atoms with Gasteiger partial charge in [0.2, 0.25) is 0 Å². The summed E-state index contributed by atoms with van der Waals surface area (Å²) >= 11 is 0. The Hall–Kier alpha value is -1.40. The van der Waals surface area contributed by atoms with E-state index in [0.29, 0.717) is 0 Å². The maximum Gasteiger partial charge on any atom is 0.339 e. The van der Waals surface area contributed by atoms with Crippen LogP contribution in [-0.2, 0) is 0 Å². The highest BCUT2D eigenvalue weighted by Crippen LogP contribution is 2.29. The fraction of sp³-hybridized carbons (Fsp3) is 0.222. The largest absolute Gasteiger partial charge is 0.507 e. The molecule has 4 nitrogen and oxygen atoms in total. The Balaban J connectivity index is 0.00000225. The first-order valence-corrected chi connectivity index (χ1v) is 4.05. The molecule has 0 aliphatic rings. The molecule has 1 atom stereocenters. The maximum atomic E-state index is 13.1. The van der Waals surface area contributed by atoms with E-state index in [0.717, 1.165) is 12.1 Å². The smallest absolute Gasteiger partial charge is 0.339 e. The average Bonchev–Trinajstić information content (AvgIpc) is 2.16. The van der Waals surface area contributed by atoms with Crippen molar-refractivity contribution in [1.82, 2.24) is 0 Å². The van der Waals surface area contributed by atoms with Crippen molar-refractivity contribution in [1.29, 1.82) is 0 Å². The van der Waals surface area contributed by atoms with Crippen molar-refractivity contribution >= 4 is 18.4 Å². The number of aromatic hydroxyl groups is 1. The number of aromatic carboxylic acids is 1. The zero-order valence-electron chi connectivity index (χ0n) is 7.98. The van der Waals surface area contributed by atoms with Crippen LogP contribution in [0.3, 0.4) is 0 Å². The normalized spacial score (nSPS) is 11.7. The quantitative estimate of drug-likeness (QED) is 0.764. The van der Waals surface area contributed by atoms with E-state index in [1.807, 2.05) is 0 Å². The summed E-state index contributed by atoms with van der Waals surface area (Å²) in [6.07, 6.45) is 0. The molecular formula is C9H10ClF2NO3. The summed E-state index contributed by atoms with van der Waals surface area (Å²) in [5.74, 6) is -3.19. The molecule has 0 aliphatic heterocycles. The van der Waals surface area contributed by atoms with Gasteiger partial charge in [0.05, 0.1) is 6.04 Å². The Morgan fingerprint density at radius 3 is 2.50 bits per heavy atom. The minimum Gasteiger partial charge on any atom is -0.507 e. The first-order valence-electron chi connectivity index (χ1n) is 4.05. The highest BCUT2D eigenvalue weighted by molar-refractivity contribution is 5.91. The van der Waals surface area contributed by atoms with E-state index >= 15 is 0 Å². The van der Waals surface area contributed by atoms with Gasteiger partial charge in [0, 0.05) is 5.56 Å². The second-order valence-corrected chi connectivity index (χ2v) is 2.92. The van der Waals surface area contributed by atoms with Crippen LogP contribution in [0, 0.1) is 5.82 Å². The molecule has 4 N–H and O–H groups in total. The third kappa shape index (κ3) is 2.59. The van der Waals surface area contributed by atoms with Crippen LogP contribution < -0.4 is 5.73 Å². The number of nitrogens with two attached hydrogens (primary N) is 1. The molecule has 0 heterocycles. The zero-order valence-corrected chi connectivity index (χ0v) is 8.80. The summed E-state index contributed by atoms with van der Waals surface area (Å²) in [6.45, 7) is -1.09. The third-order valence-corrected chi connectivity index (χ3v) is 1.93. The lowest BCUT2D eigenvalue weighted by Gasteiger charge is -2.12. The molecule has 1 aromatic rings. The molecule has 0 saturated carbocycles. The van der Waals surface area contributed by atoms with Crippen molar-refractivity contribution in [3.63, 3.8) is 0 Å². The number of carboxylic acids is 1. The molecular weight excluding hydrogens is 244 g/mol. The second-order valence-electron chi connectivity index (χ2n) is 2.92. The molecule has 0 aliphatic carbocycles. The number of carbonyl (C=O) groups is 1. The highest BCUT2D eigenvalue weighted by atomic mass is 35.5. The minimum absolute atomic E-state index is 0. The first-order chi connectivity index (χ1) is 6.99. The van der Waals surface area contributed by atoms with E-state index in [9.17, 15) is 18.7 Å². The molecule has 16 heavy (non-hydrogen) atoms. The van der Waals surface area contributed by atoms with Gasteiger partial charge in [-0.05, 0) is 12.1 Å². The lowest BCUT2D eigenvalue weighted by atomic mass is 10.0. The van der Waals surface area contributed by atoms with Gasteiger partial charge in [-0.15, -0.1) is 12.4 Å². The summed E-state index contributed by atoms with van der Waals surface area (Å²) in [4.78, 5) is 10.6. The standard InChI is InChI=1S/C9H9F2NO3.ClH/c10-3-6(12)7-5(11)2-1-4(8(7)13)9(14)15;/h1-2,6,13H,3,12H2,(H,14,15);1H/t6-;/m0./s1. The van der Waals surface area contributed by atoms with Gasteiger partial charge in [0.25, 0.3) is 0 Å². The second kappa shape index (κ2) is 5.62. The summed E-state index contributed by atoms with van der Waals surface area (Å²) in [5, 5.41) is 18.0. The fourth-order valence-electron chi connectivity index (χ4n) is 1.19. The van der Waals surface area contributed by atoms with Gasteiger partial charge in [-0.3, -0.25) is 0 Å². The number of carboxylic acid groups (broad SMARTS) is 1. The lowest BCUT2D eigenvalue weighted by molar-refractivity contribution is 0.0693. The summed E-state index contributed by atoms with van der Waals surface area (Å²) in [5.41, 5.74) is 4.18. The van der Waals surface area contributed by atoms with Gasteiger partial charge in [0.1, 0.15) is 23.8 Å². The van der Waals surface area contributed by atoms with Gasteiger partial charge in [-0.2, -0.15) is 0 Å². The van der Waals surface area contributed by atoms with Gasteiger partial charge >= 0.3 is 5.97 Å². The molecule has 0 amide bonds. The van der Waals surface area contributed by atoms with E-state index in [4.69, 9.17) is 10.8 Å². The Labute approximate surface area is 96.1 Å². The van der Waals surface area contributed by atoms with Crippen LogP contribution in [0.2, 0.25) is 0 Å². The van der Waals surface area contributed by atoms with Gasteiger partial charge in [0.15, 0.2) is 0 Å². The number of alkyl halides is 1. The molecule has 90 valence electrons. The number of benzene rings is 1. The van der Waals surface area contributed by atoms with Crippen LogP contribution in [0.4, 0.5) is 8.78 Å². The Kier molecular flexibility index (Phi) is 5.13. The van der Waals surface area contributed by atoms with Crippen LogP contribution in [0.25, 0.3) is 0 Å². The van der Waals surface area contributed by atoms with Crippen molar-refractivity contribution < 1.29 is 23.8 Å². The zero-order chi connectivity index (χ0) is 11.6. The minimum atomic E-state index is -1.43. The molecule has 0 bridgehead atoms. The molecule has 0 aromatic heterocycles. The SMILES string of the molecule is Cl.N[C@@H](CF)c1c(F)ccc(C(=O)O)c1O. The topological polar surface area (TPSA) is 83.6 Å². The van der Waals surface area contributed by atoms with Crippen molar-refractivity contribution in [2.45, 2.75) is 6.04 Å². The van der Waals surface area contributed by atoms with Crippen LogP contribution in [0.15, 0.2) is 12.1 Å². The predicted molar refractivity (Wildman–Crippen MR) is 55.2 cm³/mol. The average molecular weight is 254 g/mol. The van der Waals surface area contributed by atoms with Crippen LogP contribution in [0.1, 0.15) is 22.0 Å². The monoisotopic (exact) mass is 253 g/mol. The van der Waals surface area contributed by atoms with Crippen molar-refractivity contribution in [2.75, 3.05) is 6.67 Å². The van der Waals surface area contributed by atoms with E-state index in [1.54, 1.807) is 0 Å². The Morgan fingerprint density at radius 1 is 1.50 bits per heavy atom. The fourth-order valence-corrected chi connectivity index (χ4v) is 1.19. The predicted octanol–water partition coefficient (Wildman–Crippen LogP) is 1.62. The number of rotatable bonds is 3. The number of halogens is 3. The molecule has 0 spiro atoms. The molecule has 1 aromatic carbocycles. The van der Waals surface area contributed by atoms with E-state index < -0.39 is 41.4 Å². The van der Waals surface area contributed by atoms with Gasteiger partial charge in [-0.25, -0.2) is 13.6 Å². The van der Waals surface area contributed by atoms with Crippen LogP contribution in [0.5, 0.6) is 5.75 Å². The number of hydrogen-bond acceptors (Lipinski definition) is 3. The highest BCUT2D eigenvalue weighted by Gasteiger charge is 2.21. The van der Waals surface area contributed by atoms with Gasteiger partial charge in [-0.1, -0.05) is 0 Å². The third-order valence-electron chi connectivity index (χ3n) is 1.93. The number of hydrogen-bond donors (Lipinski definition) is 3.